The average molecular weight is 461 g/mol. The van der Waals surface area contributed by atoms with Crippen LogP contribution in [0.15, 0.2) is 53.4 Å². The van der Waals surface area contributed by atoms with Gasteiger partial charge in [-0.25, -0.2) is 13.5 Å². The fourth-order valence-electron chi connectivity index (χ4n) is 3.82. The highest BCUT2D eigenvalue weighted by Crippen LogP contribution is 2.33. The number of amides is 1. The van der Waals surface area contributed by atoms with Gasteiger partial charge in [0, 0.05) is 18.0 Å². The fraction of sp³-hybridized carbons (Fsp3) is 0.480. The minimum absolute atomic E-state index is 0.227. The standard InChI is InChI=1S/C25H33FN2O3S/c1-17-12-19-14-20(26)10-11-23(19)32-28(15-17)16-22(29)21(13-18-8-6-5-7-9-18)27-24(30)31-25(2,3)4/h5-11,14,17,21-22,29H,12-13,15-16H2,1-4H3,(H,27,30)/t17-,21+,22-/m1/s1. The second-order valence-electron chi connectivity index (χ2n) is 9.51. The quantitative estimate of drug-likeness (QED) is 0.605. The highest BCUT2D eigenvalue weighted by Gasteiger charge is 2.29. The van der Waals surface area contributed by atoms with Gasteiger partial charge in [-0.3, -0.25) is 0 Å². The van der Waals surface area contributed by atoms with Gasteiger partial charge in [-0.2, -0.15) is 0 Å². The molecular formula is C25H33FN2O3S. The number of carbonyl (C=O) groups is 1. The number of aliphatic hydroxyl groups is 1. The van der Waals surface area contributed by atoms with Crippen LogP contribution in [-0.2, 0) is 17.6 Å². The molecule has 32 heavy (non-hydrogen) atoms. The summed E-state index contributed by atoms with van der Waals surface area (Å²) in [6, 6.07) is 14.1. The van der Waals surface area contributed by atoms with Crippen LogP contribution >= 0.6 is 11.9 Å². The molecule has 0 bridgehead atoms. The topological polar surface area (TPSA) is 61.8 Å². The van der Waals surface area contributed by atoms with Crippen LogP contribution in [-0.4, -0.2) is 46.3 Å². The fourth-order valence-corrected chi connectivity index (χ4v) is 5.04. The molecule has 1 aliphatic heterocycles. The van der Waals surface area contributed by atoms with Gasteiger partial charge in [0.05, 0.1) is 12.1 Å². The van der Waals surface area contributed by atoms with Crippen molar-refractivity contribution in [3.05, 3.63) is 65.5 Å². The molecule has 2 aromatic carbocycles. The molecule has 2 aromatic rings. The zero-order valence-corrected chi connectivity index (χ0v) is 20.0. The van der Waals surface area contributed by atoms with Gasteiger partial charge in [-0.05, 0) is 80.8 Å². The Labute approximate surface area is 194 Å². The van der Waals surface area contributed by atoms with Crippen LogP contribution < -0.4 is 5.32 Å². The number of benzene rings is 2. The molecule has 3 rings (SSSR count). The first-order chi connectivity index (χ1) is 15.1. The van der Waals surface area contributed by atoms with Crippen molar-refractivity contribution in [3.63, 3.8) is 0 Å². The monoisotopic (exact) mass is 460 g/mol. The Hall–Kier alpha value is -2.09. The molecule has 7 heteroatoms. The van der Waals surface area contributed by atoms with Gasteiger partial charge < -0.3 is 15.2 Å². The summed E-state index contributed by atoms with van der Waals surface area (Å²) in [5.74, 6) is 0.0821. The van der Waals surface area contributed by atoms with E-state index in [-0.39, 0.29) is 5.82 Å². The average Bonchev–Trinajstić information content (AvgIpc) is 2.83. The van der Waals surface area contributed by atoms with Gasteiger partial charge in [0.1, 0.15) is 11.4 Å². The van der Waals surface area contributed by atoms with E-state index in [2.05, 4.69) is 16.5 Å². The first kappa shape index (κ1) is 24.6. The second-order valence-corrected chi connectivity index (χ2v) is 10.6. The van der Waals surface area contributed by atoms with Gasteiger partial charge in [-0.1, -0.05) is 37.3 Å². The van der Waals surface area contributed by atoms with Gasteiger partial charge in [-0.15, -0.1) is 0 Å². The molecule has 0 saturated carbocycles. The minimum Gasteiger partial charge on any atom is -0.444 e. The number of alkyl carbamates (subject to hydrolysis) is 1. The molecule has 0 saturated heterocycles. The van der Waals surface area contributed by atoms with Crippen molar-refractivity contribution >= 4 is 18.0 Å². The van der Waals surface area contributed by atoms with Crippen molar-refractivity contribution in [2.24, 2.45) is 5.92 Å². The molecule has 1 heterocycles. The molecule has 5 nitrogen and oxygen atoms in total. The highest BCUT2D eigenvalue weighted by atomic mass is 32.2. The van der Waals surface area contributed by atoms with Crippen molar-refractivity contribution in [2.75, 3.05) is 13.1 Å². The molecule has 0 aliphatic carbocycles. The minimum atomic E-state index is -0.815. The van der Waals surface area contributed by atoms with Crippen molar-refractivity contribution in [1.29, 1.82) is 0 Å². The summed E-state index contributed by atoms with van der Waals surface area (Å²) in [4.78, 5) is 13.5. The first-order valence-electron chi connectivity index (χ1n) is 11.0. The summed E-state index contributed by atoms with van der Waals surface area (Å²) in [5.41, 5.74) is 1.39. The Morgan fingerprint density at radius 3 is 2.69 bits per heavy atom. The van der Waals surface area contributed by atoms with E-state index in [0.29, 0.717) is 18.9 Å². The number of β-amino-alcohol motifs (C(OH)–C–C–N with tert-alkyl or cyclic N) is 1. The maximum atomic E-state index is 13.7. The molecule has 2 N–H and O–H groups in total. The van der Waals surface area contributed by atoms with Crippen LogP contribution in [0.4, 0.5) is 9.18 Å². The van der Waals surface area contributed by atoms with Crippen LogP contribution in [0.25, 0.3) is 0 Å². The van der Waals surface area contributed by atoms with Crippen molar-refractivity contribution < 1.29 is 19.0 Å². The number of halogens is 1. The zero-order chi connectivity index (χ0) is 23.3. The predicted octanol–water partition coefficient (Wildman–Crippen LogP) is 4.82. The SMILES string of the molecule is C[C@@H]1Cc2cc(F)ccc2SN(C[C@@H](O)[C@H](Cc2ccccc2)NC(=O)OC(C)(C)C)C1. The third kappa shape index (κ3) is 7.50. The maximum Gasteiger partial charge on any atom is 0.407 e. The lowest BCUT2D eigenvalue weighted by atomic mass is 9.99. The number of carbonyl (C=O) groups excluding carboxylic acids is 1. The Balaban J connectivity index is 1.73. The predicted molar refractivity (Wildman–Crippen MR) is 126 cm³/mol. The molecule has 0 radical (unpaired) electrons. The third-order valence-electron chi connectivity index (χ3n) is 5.19. The number of rotatable bonds is 6. The molecule has 0 fully saturated rings. The summed E-state index contributed by atoms with van der Waals surface area (Å²) in [6.07, 6.45) is -0.0902. The first-order valence-corrected chi connectivity index (χ1v) is 11.8. The van der Waals surface area contributed by atoms with Gasteiger partial charge in [0.15, 0.2) is 0 Å². The molecular weight excluding hydrogens is 427 g/mol. The van der Waals surface area contributed by atoms with E-state index in [1.165, 1.54) is 18.0 Å². The zero-order valence-electron chi connectivity index (χ0n) is 19.2. The van der Waals surface area contributed by atoms with Gasteiger partial charge in [0.25, 0.3) is 0 Å². The molecule has 1 aliphatic rings. The lowest BCUT2D eigenvalue weighted by Crippen LogP contribution is -2.50. The summed E-state index contributed by atoms with van der Waals surface area (Å²) >= 11 is 1.53. The van der Waals surface area contributed by atoms with Crippen molar-refractivity contribution in [2.45, 2.75) is 63.2 Å². The number of aliphatic hydroxyl groups excluding tert-OH is 1. The molecule has 1 amide bonds. The summed E-state index contributed by atoms with van der Waals surface area (Å²) in [6.45, 7) is 8.67. The number of ether oxygens (including phenoxy) is 1. The van der Waals surface area contributed by atoms with E-state index >= 15 is 0 Å². The van der Waals surface area contributed by atoms with E-state index in [4.69, 9.17) is 4.74 Å². The van der Waals surface area contributed by atoms with Crippen LogP contribution in [0, 0.1) is 11.7 Å². The smallest absolute Gasteiger partial charge is 0.407 e. The van der Waals surface area contributed by atoms with Crippen LogP contribution in [0.2, 0.25) is 0 Å². The van der Waals surface area contributed by atoms with Crippen LogP contribution in [0.3, 0.4) is 0 Å². The van der Waals surface area contributed by atoms with E-state index in [1.807, 2.05) is 51.1 Å². The van der Waals surface area contributed by atoms with Crippen LogP contribution in [0.1, 0.15) is 38.8 Å². The summed E-state index contributed by atoms with van der Waals surface area (Å²) in [5, 5.41) is 14.0. The van der Waals surface area contributed by atoms with E-state index < -0.39 is 23.8 Å². The number of hydrogen-bond acceptors (Lipinski definition) is 5. The lowest BCUT2D eigenvalue weighted by molar-refractivity contribution is 0.0402. The Morgan fingerprint density at radius 2 is 2.00 bits per heavy atom. The normalized spacial score (nSPS) is 18.9. The Bertz CT molecular complexity index is 904. The van der Waals surface area contributed by atoms with Crippen LogP contribution in [0.5, 0.6) is 0 Å². The van der Waals surface area contributed by atoms with E-state index in [9.17, 15) is 14.3 Å². The molecule has 0 unspecified atom stereocenters. The lowest BCUT2D eigenvalue weighted by Gasteiger charge is -2.30. The number of fused-ring (bicyclic) bond motifs is 1. The van der Waals surface area contributed by atoms with E-state index in [0.717, 1.165) is 29.0 Å². The van der Waals surface area contributed by atoms with Crippen molar-refractivity contribution in [3.8, 4) is 0 Å². The second kappa shape index (κ2) is 10.7. The highest BCUT2D eigenvalue weighted by molar-refractivity contribution is 7.97. The number of nitrogens with one attached hydrogen (secondary N) is 1. The summed E-state index contributed by atoms with van der Waals surface area (Å²) < 4.78 is 21.2. The third-order valence-corrected chi connectivity index (χ3v) is 6.34. The largest absolute Gasteiger partial charge is 0.444 e. The van der Waals surface area contributed by atoms with E-state index in [1.54, 1.807) is 12.1 Å². The molecule has 174 valence electrons. The Morgan fingerprint density at radius 1 is 1.28 bits per heavy atom. The summed E-state index contributed by atoms with van der Waals surface area (Å²) in [7, 11) is 0. The molecule has 0 spiro atoms. The van der Waals surface area contributed by atoms with Gasteiger partial charge in [0.2, 0.25) is 0 Å². The number of hydrogen-bond donors (Lipinski definition) is 2. The Kier molecular flexibility index (Phi) is 8.20. The van der Waals surface area contributed by atoms with Gasteiger partial charge >= 0.3 is 6.09 Å². The molecule has 3 atom stereocenters. The molecule has 0 aromatic heterocycles. The number of nitrogens with zero attached hydrogens (tertiary/aromatic N) is 1. The maximum absolute atomic E-state index is 13.7. The van der Waals surface area contributed by atoms with Crippen molar-refractivity contribution in [1.82, 2.24) is 9.62 Å².